The summed E-state index contributed by atoms with van der Waals surface area (Å²) in [4.78, 5) is 18.9. The molecule has 1 heterocycles. The molecular formula is C19H22N4O3S2. The van der Waals surface area contributed by atoms with Crippen molar-refractivity contribution in [3.8, 4) is 0 Å². The van der Waals surface area contributed by atoms with Crippen LogP contribution >= 0.6 is 11.3 Å². The van der Waals surface area contributed by atoms with Gasteiger partial charge in [0.2, 0.25) is 15.9 Å². The number of sulfonamides is 1. The van der Waals surface area contributed by atoms with E-state index in [-0.39, 0.29) is 12.5 Å². The predicted octanol–water partition coefficient (Wildman–Crippen LogP) is 3.36. The average Bonchev–Trinajstić information content (AvgIpc) is 3.04. The number of fused-ring (bicyclic) bond motifs is 1. The number of carbonyl (C=O) groups is 1. The zero-order valence-electron chi connectivity index (χ0n) is 16.1. The fourth-order valence-corrected chi connectivity index (χ4v) is 4.40. The number of thiazole rings is 1. The highest BCUT2D eigenvalue weighted by molar-refractivity contribution is 7.92. The molecule has 9 heteroatoms. The summed E-state index contributed by atoms with van der Waals surface area (Å²) < 4.78 is 26.2. The molecule has 0 radical (unpaired) electrons. The second-order valence-electron chi connectivity index (χ2n) is 6.73. The molecule has 0 atom stereocenters. The molecule has 0 saturated carbocycles. The number of nitrogens with one attached hydrogen (secondary N) is 2. The van der Waals surface area contributed by atoms with Gasteiger partial charge in [-0.25, -0.2) is 13.4 Å². The SMILES string of the molecule is Cc1ccc(C)c2sc(N(C)CC(=O)Nc3cccc(NS(C)(=O)=O)c3)nc12. The first kappa shape index (κ1) is 20.1. The summed E-state index contributed by atoms with van der Waals surface area (Å²) in [5, 5.41) is 3.56. The monoisotopic (exact) mass is 418 g/mol. The topological polar surface area (TPSA) is 91.4 Å². The smallest absolute Gasteiger partial charge is 0.243 e. The summed E-state index contributed by atoms with van der Waals surface area (Å²) in [6.45, 7) is 4.20. The van der Waals surface area contributed by atoms with Crippen molar-refractivity contribution in [3.05, 3.63) is 47.5 Å². The Morgan fingerprint density at radius 1 is 1.14 bits per heavy atom. The summed E-state index contributed by atoms with van der Waals surface area (Å²) in [6.07, 6.45) is 1.08. The van der Waals surface area contributed by atoms with Gasteiger partial charge in [-0.2, -0.15) is 0 Å². The fourth-order valence-electron chi connectivity index (χ4n) is 2.77. The maximum absolute atomic E-state index is 12.4. The van der Waals surface area contributed by atoms with E-state index in [0.717, 1.165) is 32.7 Å². The molecular weight excluding hydrogens is 396 g/mol. The van der Waals surface area contributed by atoms with Crippen molar-refractivity contribution < 1.29 is 13.2 Å². The highest BCUT2D eigenvalue weighted by Crippen LogP contribution is 2.32. The molecule has 3 rings (SSSR count). The maximum Gasteiger partial charge on any atom is 0.243 e. The largest absolute Gasteiger partial charge is 0.342 e. The molecule has 3 aromatic rings. The zero-order valence-corrected chi connectivity index (χ0v) is 17.7. The predicted molar refractivity (Wildman–Crippen MR) is 116 cm³/mol. The third-order valence-electron chi connectivity index (χ3n) is 4.09. The van der Waals surface area contributed by atoms with Crippen molar-refractivity contribution in [2.75, 3.05) is 34.8 Å². The van der Waals surface area contributed by atoms with E-state index in [0.29, 0.717) is 11.4 Å². The number of aryl methyl sites for hydroxylation is 2. The first-order valence-corrected chi connectivity index (χ1v) is 11.3. The van der Waals surface area contributed by atoms with Gasteiger partial charge in [-0.3, -0.25) is 9.52 Å². The van der Waals surface area contributed by atoms with Gasteiger partial charge in [0.25, 0.3) is 0 Å². The van der Waals surface area contributed by atoms with Crippen LogP contribution in [0.2, 0.25) is 0 Å². The second-order valence-corrected chi connectivity index (χ2v) is 9.46. The van der Waals surface area contributed by atoms with Gasteiger partial charge in [0.15, 0.2) is 5.13 Å². The quantitative estimate of drug-likeness (QED) is 0.640. The molecule has 0 fully saturated rings. The van der Waals surface area contributed by atoms with Gasteiger partial charge in [0.05, 0.1) is 28.7 Å². The van der Waals surface area contributed by atoms with Crippen LogP contribution < -0.4 is 14.9 Å². The number of carbonyl (C=O) groups excluding carboxylic acids is 1. The van der Waals surface area contributed by atoms with Crippen LogP contribution in [0.3, 0.4) is 0 Å². The number of hydrogen-bond acceptors (Lipinski definition) is 6. The highest BCUT2D eigenvalue weighted by atomic mass is 32.2. The van der Waals surface area contributed by atoms with Crippen LogP contribution in [0.4, 0.5) is 16.5 Å². The van der Waals surface area contributed by atoms with E-state index >= 15 is 0 Å². The van der Waals surface area contributed by atoms with Crippen LogP contribution in [0.15, 0.2) is 36.4 Å². The molecule has 0 unspecified atom stereocenters. The van der Waals surface area contributed by atoms with Crippen molar-refractivity contribution in [1.82, 2.24) is 4.98 Å². The van der Waals surface area contributed by atoms with E-state index in [2.05, 4.69) is 21.1 Å². The number of rotatable bonds is 6. The van der Waals surface area contributed by atoms with E-state index in [4.69, 9.17) is 0 Å². The molecule has 28 heavy (non-hydrogen) atoms. The Hall–Kier alpha value is -2.65. The lowest BCUT2D eigenvalue weighted by atomic mass is 10.1. The molecule has 2 aromatic carbocycles. The lowest BCUT2D eigenvalue weighted by molar-refractivity contribution is -0.114. The van der Waals surface area contributed by atoms with Gasteiger partial charge in [0.1, 0.15) is 0 Å². The van der Waals surface area contributed by atoms with Crippen molar-refractivity contribution >= 4 is 54.0 Å². The molecule has 0 aliphatic carbocycles. The van der Waals surface area contributed by atoms with Crippen LogP contribution in [0.5, 0.6) is 0 Å². The molecule has 0 spiro atoms. The van der Waals surface area contributed by atoms with Crippen molar-refractivity contribution in [3.63, 3.8) is 0 Å². The first-order chi connectivity index (χ1) is 13.1. The minimum Gasteiger partial charge on any atom is -0.342 e. The van der Waals surface area contributed by atoms with Crippen LogP contribution in [-0.2, 0) is 14.8 Å². The second kappa shape index (κ2) is 7.76. The Labute approximate surface area is 168 Å². The van der Waals surface area contributed by atoms with E-state index in [1.54, 1.807) is 40.5 Å². The third-order valence-corrected chi connectivity index (χ3v) is 6.00. The van der Waals surface area contributed by atoms with E-state index in [9.17, 15) is 13.2 Å². The highest BCUT2D eigenvalue weighted by Gasteiger charge is 2.14. The van der Waals surface area contributed by atoms with Gasteiger partial charge < -0.3 is 10.2 Å². The summed E-state index contributed by atoms with van der Waals surface area (Å²) in [7, 11) is -1.55. The molecule has 1 amide bonds. The number of benzene rings is 2. The van der Waals surface area contributed by atoms with Crippen molar-refractivity contribution in [2.24, 2.45) is 0 Å². The zero-order chi connectivity index (χ0) is 20.5. The summed E-state index contributed by atoms with van der Waals surface area (Å²) in [6, 6.07) is 10.7. The molecule has 0 aliphatic heterocycles. The normalized spacial score (nSPS) is 11.4. The molecule has 0 aliphatic rings. The van der Waals surface area contributed by atoms with Crippen LogP contribution in [-0.4, -0.2) is 39.2 Å². The van der Waals surface area contributed by atoms with E-state index in [1.165, 1.54) is 0 Å². The lowest BCUT2D eigenvalue weighted by Gasteiger charge is -2.15. The number of hydrogen-bond donors (Lipinski definition) is 2. The third kappa shape index (κ3) is 4.79. The summed E-state index contributed by atoms with van der Waals surface area (Å²) in [5.41, 5.74) is 4.15. The first-order valence-electron chi connectivity index (χ1n) is 8.58. The van der Waals surface area contributed by atoms with Crippen molar-refractivity contribution in [2.45, 2.75) is 13.8 Å². The van der Waals surface area contributed by atoms with E-state index in [1.807, 2.05) is 27.0 Å². The van der Waals surface area contributed by atoms with Gasteiger partial charge >= 0.3 is 0 Å². The Morgan fingerprint density at radius 3 is 2.50 bits per heavy atom. The lowest BCUT2D eigenvalue weighted by Crippen LogP contribution is -2.30. The minimum atomic E-state index is -3.38. The number of nitrogens with zero attached hydrogens (tertiary/aromatic N) is 2. The Kier molecular flexibility index (Phi) is 5.57. The number of aromatic nitrogens is 1. The van der Waals surface area contributed by atoms with Crippen LogP contribution in [0, 0.1) is 13.8 Å². The van der Waals surface area contributed by atoms with Gasteiger partial charge in [-0.05, 0) is 43.2 Å². The summed E-state index contributed by atoms with van der Waals surface area (Å²) in [5.74, 6) is -0.216. The maximum atomic E-state index is 12.4. The van der Waals surface area contributed by atoms with Gasteiger partial charge in [0, 0.05) is 12.7 Å². The van der Waals surface area contributed by atoms with Crippen LogP contribution in [0.1, 0.15) is 11.1 Å². The Morgan fingerprint density at radius 2 is 1.82 bits per heavy atom. The Bertz CT molecular complexity index is 1100. The fraction of sp³-hybridized carbons (Fsp3) is 0.263. The van der Waals surface area contributed by atoms with Gasteiger partial charge in [-0.15, -0.1) is 0 Å². The van der Waals surface area contributed by atoms with E-state index < -0.39 is 10.0 Å². The molecule has 0 saturated heterocycles. The number of likely N-dealkylation sites (N-methyl/N-ethyl adjacent to an activating group) is 1. The van der Waals surface area contributed by atoms with Crippen LogP contribution in [0.25, 0.3) is 10.2 Å². The minimum absolute atomic E-state index is 0.127. The molecule has 7 nitrogen and oxygen atoms in total. The standard InChI is InChI=1S/C19H22N4O3S2/c1-12-8-9-13(2)18-17(12)21-19(27-18)23(3)11-16(24)20-14-6-5-7-15(10-14)22-28(4,25)26/h5-10,22H,11H2,1-4H3,(H,20,24). The number of amides is 1. The average molecular weight is 419 g/mol. The van der Waals surface area contributed by atoms with Gasteiger partial charge in [-0.1, -0.05) is 29.5 Å². The number of anilines is 3. The Balaban J connectivity index is 1.71. The molecule has 1 aromatic heterocycles. The molecule has 0 bridgehead atoms. The summed E-state index contributed by atoms with van der Waals surface area (Å²) >= 11 is 1.56. The molecule has 2 N–H and O–H groups in total. The molecule has 148 valence electrons. The van der Waals surface area contributed by atoms with Crippen molar-refractivity contribution in [1.29, 1.82) is 0 Å².